The molecule has 2 N–H and O–H groups in total. The zero-order valence-electron chi connectivity index (χ0n) is 10.8. The second kappa shape index (κ2) is 5.71. The van der Waals surface area contributed by atoms with Crippen LogP contribution in [0.2, 0.25) is 5.02 Å². The highest BCUT2D eigenvalue weighted by atomic mass is 35.5. The molecule has 0 aliphatic heterocycles. The molecule has 0 radical (unpaired) electrons. The van der Waals surface area contributed by atoms with E-state index in [1.165, 1.54) is 0 Å². The van der Waals surface area contributed by atoms with Crippen molar-refractivity contribution in [1.82, 2.24) is 20.4 Å². The van der Waals surface area contributed by atoms with Gasteiger partial charge in [0, 0.05) is 19.6 Å². The average molecular weight is 271 g/mol. The predicted molar refractivity (Wildman–Crippen MR) is 70.5 cm³/mol. The molecular formula is C12H19ClN4O. The summed E-state index contributed by atoms with van der Waals surface area (Å²) in [5, 5.41) is 11.1. The van der Waals surface area contributed by atoms with E-state index in [2.05, 4.69) is 15.7 Å². The fourth-order valence-corrected chi connectivity index (χ4v) is 2.17. The van der Waals surface area contributed by atoms with E-state index in [4.69, 9.17) is 11.6 Å². The topological polar surface area (TPSA) is 59.0 Å². The van der Waals surface area contributed by atoms with Crippen LogP contribution in [0.3, 0.4) is 0 Å². The highest BCUT2D eigenvalue weighted by Gasteiger charge is 2.22. The summed E-state index contributed by atoms with van der Waals surface area (Å²) in [6, 6.07) is 0.409. The van der Waals surface area contributed by atoms with Gasteiger partial charge in [-0.2, -0.15) is 5.10 Å². The Morgan fingerprint density at radius 1 is 1.56 bits per heavy atom. The van der Waals surface area contributed by atoms with E-state index in [1.54, 1.807) is 4.68 Å². The van der Waals surface area contributed by atoms with Crippen molar-refractivity contribution in [3.63, 3.8) is 0 Å². The fourth-order valence-electron chi connectivity index (χ4n) is 1.81. The molecule has 0 atom stereocenters. The number of nitrogens with zero attached hydrogens (tertiary/aromatic N) is 2. The second-order valence-electron chi connectivity index (χ2n) is 4.63. The third-order valence-corrected chi connectivity index (χ3v) is 3.46. The lowest BCUT2D eigenvalue weighted by Crippen LogP contribution is -2.35. The largest absolute Gasteiger partial charge is 0.352 e. The lowest BCUT2D eigenvalue weighted by atomic mass is 10.3. The minimum atomic E-state index is 0.0477. The number of aryl methyl sites for hydroxylation is 2. The zero-order valence-corrected chi connectivity index (χ0v) is 11.5. The Morgan fingerprint density at radius 3 is 2.83 bits per heavy atom. The van der Waals surface area contributed by atoms with Crippen LogP contribution in [-0.2, 0) is 24.8 Å². The van der Waals surface area contributed by atoms with Crippen LogP contribution in [0.5, 0.6) is 0 Å². The van der Waals surface area contributed by atoms with Crippen molar-refractivity contribution < 1.29 is 4.79 Å². The first-order valence-corrected chi connectivity index (χ1v) is 6.70. The molecule has 1 aromatic rings. The molecule has 1 amide bonds. The van der Waals surface area contributed by atoms with E-state index in [1.807, 2.05) is 14.0 Å². The van der Waals surface area contributed by atoms with E-state index in [9.17, 15) is 4.79 Å². The molecule has 100 valence electrons. The first kappa shape index (κ1) is 13.4. The summed E-state index contributed by atoms with van der Waals surface area (Å²) in [6.07, 6.45) is 3.03. The van der Waals surface area contributed by atoms with Crippen LogP contribution in [0.1, 0.15) is 31.2 Å². The van der Waals surface area contributed by atoms with Gasteiger partial charge in [-0.05, 0) is 19.3 Å². The van der Waals surface area contributed by atoms with E-state index < -0.39 is 0 Å². The Hall–Kier alpha value is -1.07. The highest BCUT2D eigenvalue weighted by molar-refractivity contribution is 6.31. The van der Waals surface area contributed by atoms with Crippen LogP contribution in [0.25, 0.3) is 0 Å². The van der Waals surface area contributed by atoms with Gasteiger partial charge in [-0.25, -0.2) is 0 Å². The van der Waals surface area contributed by atoms with Gasteiger partial charge in [-0.15, -0.1) is 0 Å². The molecule has 1 heterocycles. The molecule has 1 aliphatic carbocycles. The van der Waals surface area contributed by atoms with Gasteiger partial charge in [0.2, 0.25) is 5.91 Å². The number of aromatic nitrogens is 2. The number of hydrogen-bond donors (Lipinski definition) is 2. The van der Waals surface area contributed by atoms with Crippen LogP contribution in [0.15, 0.2) is 0 Å². The summed E-state index contributed by atoms with van der Waals surface area (Å²) in [7, 11) is 1.87. The molecule has 0 aromatic carbocycles. The van der Waals surface area contributed by atoms with E-state index in [0.29, 0.717) is 24.2 Å². The monoisotopic (exact) mass is 270 g/mol. The van der Waals surface area contributed by atoms with Crippen molar-refractivity contribution in [2.24, 2.45) is 7.05 Å². The average Bonchev–Trinajstić information content (AvgIpc) is 3.09. The minimum absolute atomic E-state index is 0.0477. The quantitative estimate of drug-likeness (QED) is 0.811. The molecule has 0 unspecified atom stereocenters. The van der Waals surface area contributed by atoms with Crippen molar-refractivity contribution >= 4 is 17.5 Å². The van der Waals surface area contributed by atoms with E-state index in [0.717, 1.165) is 30.7 Å². The Morgan fingerprint density at radius 2 is 2.28 bits per heavy atom. The summed E-state index contributed by atoms with van der Waals surface area (Å²) in [5.74, 6) is 0.0477. The molecule has 6 heteroatoms. The van der Waals surface area contributed by atoms with E-state index >= 15 is 0 Å². The third-order valence-electron chi connectivity index (χ3n) is 3.02. The molecule has 1 aliphatic rings. The third kappa shape index (κ3) is 3.23. The van der Waals surface area contributed by atoms with Gasteiger partial charge in [0.05, 0.1) is 23.0 Å². The van der Waals surface area contributed by atoms with Gasteiger partial charge in [0.25, 0.3) is 0 Å². The minimum Gasteiger partial charge on any atom is -0.352 e. The van der Waals surface area contributed by atoms with Gasteiger partial charge < -0.3 is 10.6 Å². The van der Waals surface area contributed by atoms with Crippen molar-refractivity contribution in [3.8, 4) is 0 Å². The number of amides is 1. The number of carbonyl (C=O) groups excluding carboxylic acids is 1. The zero-order chi connectivity index (χ0) is 13.1. The summed E-state index contributed by atoms with van der Waals surface area (Å²) in [5.41, 5.74) is 1.83. The maximum atomic E-state index is 11.5. The first-order chi connectivity index (χ1) is 8.61. The Balaban J connectivity index is 1.82. The number of halogens is 1. The molecule has 0 saturated heterocycles. The first-order valence-electron chi connectivity index (χ1n) is 6.32. The SMILES string of the molecule is CCc1nn(C)c(CNCC(=O)NC2CC2)c1Cl. The maximum absolute atomic E-state index is 11.5. The second-order valence-corrected chi connectivity index (χ2v) is 5.01. The molecule has 1 aromatic heterocycles. The van der Waals surface area contributed by atoms with Gasteiger partial charge >= 0.3 is 0 Å². The highest BCUT2D eigenvalue weighted by Crippen LogP contribution is 2.20. The van der Waals surface area contributed by atoms with Crippen molar-refractivity contribution in [1.29, 1.82) is 0 Å². The summed E-state index contributed by atoms with van der Waals surface area (Å²) in [4.78, 5) is 11.5. The van der Waals surface area contributed by atoms with Crippen LogP contribution in [-0.4, -0.2) is 28.3 Å². The maximum Gasteiger partial charge on any atom is 0.234 e. The van der Waals surface area contributed by atoms with Gasteiger partial charge in [0.15, 0.2) is 0 Å². The van der Waals surface area contributed by atoms with Crippen molar-refractivity contribution in [3.05, 3.63) is 16.4 Å². The van der Waals surface area contributed by atoms with Gasteiger partial charge in [0.1, 0.15) is 0 Å². The summed E-state index contributed by atoms with van der Waals surface area (Å²) >= 11 is 6.22. The Kier molecular flexibility index (Phi) is 4.24. The van der Waals surface area contributed by atoms with Crippen LogP contribution >= 0.6 is 11.6 Å². The number of carbonyl (C=O) groups is 1. The number of nitrogens with one attached hydrogen (secondary N) is 2. The molecule has 0 spiro atoms. The molecule has 0 bridgehead atoms. The smallest absolute Gasteiger partial charge is 0.234 e. The molecule has 1 fully saturated rings. The molecule has 1 saturated carbocycles. The Bertz CT molecular complexity index is 440. The van der Waals surface area contributed by atoms with Crippen LogP contribution < -0.4 is 10.6 Å². The standard InChI is InChI=1S/C12H19ClN4O/c1-3-9-12(13)10(17(2)16-9)6-14-7-11(18)15-8-4-5-8/h8,14H,3-7H2,1-2H3,(H,15,18). The lowest BCUT2D eigenvalue weighted by molar-refractivity contribution is -0.120. The van der Waals surface area contributed by atoms with Crippen molar-refractivity contribution in [2.75, 3.05) is 6.54 Å². The predicted octanol–water partition coefficient (Wildman–Crippen LogP) is 1.00. The van der Waals surface area contributed by atoms with Crippen LogP contribution in [0.4, 0.5) is 0 Å². The molecule has 18 heavy (non-hydrogen) atoms. The van der Waals surface area contributed by atoms with E-state index in [-0.39, 0.29) is 5.91 Å². The Labute approximate surface area is 112 Å². The molecule has 2 rings (SSSR count). The van der Waals surface area contributed by atoms with Gasteiger partial charge in [-0.1, -0.05) is 18.5 Å². The van der Waals surface area contributed by atoms with Crippen LogP contribution in [0, 0.1) is 0 Å². The molecular weight excluding hydrogens is 252 g/mol. The summed E-state index contributed by atoms with van der Waals surface area (Å²) < 4.78 is 1.77. The lowest BCUT2D eigenvalue weighted by Gasteiger charge is -2.06. The van der Waals surface area contributed by atoms with Crippen molar-refractivity contribution in [2.45, 2.75) is 38.8 Å². The summed E-state index contributed by atoms with van der Waals surface area (Å²) in [6.45, 7) is 2.90. The normalized spacial score (nSPS) is 14.8. The number of rotatable bonds is 6. The number of hydrogen-bond acceptors (Lipinski definition) is 3. The fraction of sp³-hybridized carbons (Fsp3) is 0.667. The molecule has 5 nitrogen and oxygen atoms in total. The van der Waals surface area contributed by atoms with Gasteiger partial charge in [-0.3, -0.25) is 9.48 Å².